The minimum atomic E-state index is -0.423. The molecule has 0 saturated heterocycles. The Bertz CT molecular complexity index is 580. The number of hydrogen-bond donors (Lipinski definition) is 0. The summed E-state index contributed by atoms with van der Waals surface area (Å²) in [5.74, 6) is 0.510. The average molecular weight is 351 g/mol. The van der Waals surface area contributed by atoms with Crippen molar-refractivity contribution in [2.24, 2.45) is 0 Å². The number of benzene rings is 1. The van der Waals surface area contributed by atoms with Gasteiger partial charge in [-0.05, 0) is 40.2 Å². The van der Waals surface area contributed by atoms with Gasteiger partial charge in [0, 0.05) is 16.2 Å². The molecule has 0 aliphatic heterocycles. The lowest BCUT2D eigenvalue weighted by Gasteiger charge is -2.09. The zero-order chi connectivity index (χ0) is 13.1. The van der Waals surface area contributed by atoms with Crippen LogP contribution in [0, 0.1) is 5.82 Å². The number of ether oxygens (including phenoxy) is 1. The molecule has 1 heterocycles. The number of pyridine rings is 1. The maximum Gasteiger partial charge on any atom is 0.223 e. The molecule has 18 heavy (non-hydrogen) atoms. The summed E-state index contributed by atoms with van der Waals surface area (Å²) in [7, 11) is 0. The Labute approximate surface area is 122 Å². The number of hydrogen-bond acceptors (Lipinski definition) is 2. The molecular weight excluding hydrogens is 344 g/mol. The molecule has 0 amide bonds. The summed E-state index contributed by atoms with van der Waals surface area (Å²) in [5.41, 5.74) is 0.714. The van der Waals surface area contributed by atoms with E-state index in [1.165, 1.54) is 18.2 Å². The molecule has 0 saturated carbocycles. The SMILES string of the molecule is Fc1ccc(Oc2ncc(Br)cc2CCl)c(Cl)c1. The maximum atomic E-state index is 12.9. The molecule has 0 spiro atoms. The van der Waals surface area contributed by atoms with E-state index in [1.807, 2.05) is 0 Å². The summed E-state index contributed by atoms with van der Waals surface area (Å²) in [6.45, 7) is 0. The normalized spacial score (nSPS) is 10.4. The molecule has 0 aliphatic rings. The Morgan fingerprint density at radius 1 is 1.33 bits per heavy atom. The van der Waals surface area contributed by atoms with Crippen molar-refractivity contribution < 1.29 is 9.13 Å². The van der Waals surface area contributed by atoms with Crippen LogP contribution in [0.3, 0.4) is 0 Å². The number of aromatic nitrogens is 1. The molecule has 1 aromatic carbocycles. The van der Waals surface area contributed by atoms with Crippen LogP contribution in [0.1, 0.15) is 5.56 Å². The van der Waals surface area contributed by atoms with Crippen molar-refractivity contribution in [3.63, 3.8) is 0 Å². The smallest absolute Gasteiger partial charge is 0.223 e. The fraction of sp³-hybridized carbons (Fsp3) is 0.0833. The molecule has 2 rings (SSSR count). The highest BCUT2D eigenvalue weighted by molar-refractivity contribution is 9.10. The van der Waals surface area contributed by atoms with Gasteiger partial charge in [0.2, 0.25) is 5.88 Å². The van der Waals surface area contributed by atoms with E-state index in [2.05, 4.69) is 20.9 Å². The topological polar surface area (TPSA) is 22.1 Å². The molecule has 2 aromatic rings. The van der Waals surface area contributed by atoms with Crippen LogP contribution in [0.15, 0.2) is 34.9 Å². The van der Waals surface area contributed by atoms with Crippen LogP contribution in [0.25, 0.3) is 0 Å². The maximum absolute atomic E-state index is 12.9. The first-order chi connectivity index (χ1) is 8.60. The Morgan fingerprint density at radius 2 is 2.11 bits per heavy atom. The lowest BCUT2D eigenvalue weighted by atomic mass is 10.3. The van der Waals surface area contributed by atoms with Crippen LogP contribution in [0.2, 0.25) is 5.02 Å². The Kier molecular flexibility index (Phi) is 4.43. The molecule has 0 radical (unpaired) electrons. The molecule has 0 N–H and O–H groups in total. The first-order valence-electron chi connectivity index (χ1n) is 4.93. The summed E-state index contributed by atoms with van der Waals surface area (Å²) in [6, 6.07) is 5.68. The second-order valence-electron chi connectivity index (χ2n) is 3.43. The first kappa shape index (κ1) is 13.6. The molecule has 0 bridgehead atoms. The van der Waals surface area contributed by atoms with E-state index in [4.69, 9.17) is 27.9 Å². The van der Waals surface area contributed by atoms with Crippen LogP contribution in [-0.4, -0.2) is 4.98 Å². The van der Waals surface area contributed by atoms with Crippen molar-refractivity contribution in [3.05, 3.63) is 51.3 Å². The van der Waals surface area contributed by atoms with Crippen LogP contribution >= 0.6 is 39.1 Å². The van der Waals surface area contributed by atoms with Gasteiger partial charge in [0.15, 0.2) is 0 Å². The minimum absolute atomic E-state index is 0.181. The third-order valence-corrected chi connectivity index (χ3v) is 3.15. The van der Waals surface area contributed by atoms with Crippen LogP contribution in [-0.2, 0) is 5.88 Å². The number of rotatable bonds is 3. The number of nitrogens with zero attached hydrogens (tertiary/aromatic N) is 1. The highest BCUT2D eigenvalue weighted by Crippen LogP contribution is 2.31. The predicted molar refractivity (Wildman–Crippen MR) is 73.0 cm³/mol. The number of halogens is 4. The minimum Gasteiger partial charge on any atom is -0.437 e. The van der Waals surface area contributed by atoms with Crippen molar-refractivity contribution in [1.29, 1.82) is 0 Å². The zero-order valence-corrected chi connectivity index (χ0v) is 12.1. The molecular formula is C12H7BrCl2FNO. The van der Waals surface area contributed by atoms with Gasteiger partial charge in [-0.1, -0.05) is 11.6 Å². The van der Waals surface area contributed by atoms with E-state index in [0.717, 1.165) is 4.47 Å². The van der Waals surface area contributed by atoms with Gasteiger partial charge < -0.3 is 4.74 Å². The van der Waals surface area contributed by atoms with Crippen molar-refractivity contribution in [2.45, 2.75) is 5.88 Å². The summed E-state index contributed by atoms with van der Waals surface area (Å²) < 4.78 is 19.2. The molecule has 0 atom stereocenters. The zero-order valence-electron chi connectivity index (χ0n) is 8.96. The third kappa shape index (κ3) is 3.13. The summed E-state index contributed by atoms with van der Waals surface area (Å²) in [4.78, 5) is 4.10. The summed E-state index contributed by atoms with van der Waals surface area (Å²) >= 11 is 15.0. The second kappa shape index (κ2) is 5.87. The Hall–Kier alpha value is -0.840. The van der Waals surface area contributed by atoms with Gasteiger partial charge in [-0.25, -0.2) is 9.37 Å². The van der Waals surface area contributed by atoms with Gasteiger partial charge in [-0.3, -0.25) is 0 Å². The standard InChI is InChI=1S/C12H7BrCl2FNO/c13-8-3-7(5-14)12(17-6-8)18-11-2-1-9(16)4-10(11)15/h1-4,6H,5H2. The largest absolute Gasteiger partial charge is 0.437 e. The average Bonchev–Trinajstić information content (AvgIpc) is 2.34. The van der Waals surface area contributed by atoms with Crippen molar-refractivity contribution in [1.82, 2.24) is 4.98 Å². The van der Waals surface area contributed by atoms with Gasteiger partial charge in [-0.2, -0.15) is 0 Å². The van der Waals surface area contributed by atoms with Gasteiger partial charge in [0.05, 0.1) is 10.9 Å². The Morgan fingerprint density at radius 3 is 2.78 bits per heavy atom. The van der Waals surface area contributed by atoms with Gasteiger partial charge in [0.1, 0.15) is 11.6 Å². The Balaban J connectivity index is 2.33. The van der Waals surface area contributed by atoms with Crippen molar-refractivity contribution in [3.8, 4) is 11.6 Å². The lowest BCUT2D eigenvalue weighted by Crippen LogP contribution is -1.94. The van der Waals surface area contributed by atoms with E-state index in [9.17, 15) is 4.39 Å². The third-order valence-electron chi connectivity index (χ3n) is 2.14. The van der Waals surface area contributed by atoms with Crippen LogP contribution in [0.5, 0.6) is 11.6 Å². The fourth-order valence-electron chi connectivity index (χ4n) is 1.32. The molecule has 0 unspecified atom stereocenters. The first-order valence-corrected chi connectivity index (χ1v) is 6.64. The van der Waals surface area contributed by atoms with Crippen LogP contribution < -0.4 is 4.74 Å². The van der Waals surface area contributed by atoms with Gasteiger partial charge in [0.25, 0.3) is 0 Å². The van der Waals surface area contributed by atoms with E-state index in [0.29, 0.717) is 17.2 Å². The molecule has 2 nitrogen and oxygen atoms in total. The van der Waals surface area contributed by atoms with Crippen molar-refractivity contribution in [2.75, 3.05) is 0 Å². The van der Waals surface area contributed by atoms with Gasteiger partial charge in [-0.15, -0.1) is 11.6 Å². The molecule has 94 valence electrons. The predicted octanol–water partition coefficient (Wildman–Crippen LogP) is 5.17. The monoisotopic (exact) mass is 349 g/mol. The second-order valence-corrected chi connectivity index (χ2v) is 5.02. The summed E-state index contributed by atoms with van der Waals surface area (Å²) in [5, 5.41) is 0.181. The van der Waals surface area contributed by atoms with Crippen LogP contribution in [0.4, 0.5) is 4.39 Å². The summed E-state index contributed by atoms with van der Waals surface area (Å²) in [6.07, 6.45) is 1.59. The van der Waals surface area contributed by atoms with E-state index >= 15 is 0 Å². The van der Waals surface area contributed by atoms with E-state index in [1.54, 1.807) is 12.3 Å². The quantitative estimate of drug-likeness (QED) is 0.712. The van der Waals surface area contributed by atoms with E-state index < -0.39 is 5.82 Å². The lowest BCUT2D eigenvalue weighted by molar-refractivity contribution is 0.457. The highest BCUT2D eigenvalue weighted by atomic mass is 79.9. The van der Waals surface area contributed by atoms with E-state index in [-0.39, 0.29) is 10.9 Å². The fourth-order valence-corrected chi connectivity index (χ4v) is 2.09. The number of alkyl halides is 1. The molecule has 6 heteroatoms. The molecule has 1 aromatic heterocycles. The molecule has 0 aliphatic carbocycles. The van der Waals surface area contributed by atoms with Gasteiger partial charge >= 0.3 is 0 Å². The van der Waals surface area contributed by atoms with Crippen molar-refractivity contribution >= 4 is 39.1 Å². The highest BCUT2D eigenvalue weighted by Gasteiger charge is 2.10. The molecule has 0 fully saturated rings.